The van der Waals surface area contributed by atoms with Gasteiger partial charge in [0, 0.05) is 13.5 Å². The van der Waals surface area contributed by atoms with E-state index in [1.54, 1.807) is 0 Å². The lowest BCUT2D eigenvalue weighted by molar-refractivity contribution is -0.118. The Morgan fingerprint density at radius 3 is 2.71 bits per heavy atom. The van der Waals surface area contributed by atoms with Crippen molar-refractivity contribution in [2.24, 2.45) is 0 Å². The summed E-state index contributed by atoms with van der Waals surface area (Å²) in [7, 11) is 0. The molecule has 0 heterocycles. The normalized spacial score (nSPS) is 11.8. The van der Waals surface area contributed by atoms with Crippen LogP contribution in [0.1, 0.15) is 24.9 Å². The fourth-order valence-corrected chi connectivity index (χ4v) is 2.33. The van der Waals surface area contributed by atoms with E-state index in [0.717, 1.165) is 22.8 Å². The van der Waals surface area contributed by atoms with E-state index in [-0.39, 0.29) is 11.9 Å². The first kappa shape index (κ1) is 15.0. The van der Waals surface area contributed by atoms with Crippen LogP contribution in [0.2, 0.25) is 0 Å². The van der Waals surface area contributed by atoms with Gasteiger partial charge in [-0.3, -0.25) is 10.1 Å². The van der Waals surface area contributed by atoms with Crippen molar-refractivity contribution in [3.8, 4) is 6.07 Å². The van der Waals surface area contributed by atoms with Crippen molar-refractivity contribution >= 4 is 16.7 Å². The highest BCUT2D eigenvalue weighted by atomic mass is 16.1. The molecule has 0 aromatic heterocycles. The molecule has 21 heavy (non-hydrogen) atoms. The summed E-state index contributed by atoms with van der Waals surface area (Å²) in [5.74, 6) is -0.0270. The minimum atomic E-state index is -0.339. The maximum Gasteiger partial charge on any atom is 0.216 e. The number of carbonyl (C=O) groups is 1. The zero-order valence-corrected chi connectivity index (χ0v) is 12.1. The third kappa shape index (κ3) is 4.04. The molecule has 0 aliphatic heterocycles. The monoisotopic (exact) mass is 281 g/mol. The summed E-state index contributed by atoms with van der Waals surface area (Å²) < 4.78 is 0. The maximum atomic E-state index is 10.8. The Hall–Kier alpha value is -2.38. The largest absolute Gasteiger partial charge is 0.356 e. The zero-order chi connectivity index (χ0) is 15.1. The molecular weight excluding hydrogens is 262 g/mol. The van der Waals surface area contributed by atoms with Crippen LogP contribution in [0.15, 0.2) is 42.5 Å². The Balaban J connectivity index is 2.03. The van der Waals surface area contributed by atoms with Crippen LogP contribution >= 0.6 is 0 Å². The predicted octanol–water partition coefficient (Wildman–Crippen LogP) is 2.52. The third-order valence-electron chi connectivity index (χ3n) is 3.34. The molecule has 0 spiro atoms. The minimum Gasteiger partial charge on any atom is -0.356 e. The van der Waals surface area contributed by atoms with Crippen LogP contribution < -0.4 is 10.6 Å². The van der Waals surface area contributed by atoms with Gasteiger partial charge in [-0.2, -0.15) is 5.26 Å². The molecule has 2 aromatic rings. The molecule has 1 atom stereocenters. The van der Waals surface area contributed by atoms with E-state index >= 15 is 0 Å². The highest BCUT2D eigenvalue weighted by molar-refractivity contribution is 5.86. The molecule has 0 radical (unpaired) electrons. The van der Waals surface area contributed by atoms with Gasteiger partial charge < -0.3 is 5.32 Å². The summed E-state index contributed by atoms with van der Waals surface area (Å²) in [5, 5.41) is 17.6. The first-order chi connectivity index (χ1) is 10.2. The van der Waals surface area contributed by atoms with E-state index in [0.29, 0.717) is 13.1 Å². The van der Waals surface area contributed by atoms with Crippen LogP contribution in [0, 0.1) is 11.3 Å². The van der Waals surface area contributed by atoms with E-state index in [1.807, 2.05) is 42.5 Å². The second-order valence-corrected chi connectivity index (χ2v) is 4.92. The van der Waals surface area contributed by atoms with Gasteiger partial charge in [0.2, 0.25) is 5.91 Å². The summed E-state index contributed by atoms with van der Waals surface area (Å²) in [6, 6.07) is 16.0. The summed E-state index contributed by atoms with van der Waals surface area (Å²) in [4.78, 5) is 10.8. The Morgan fingerprint density at radius 2 is 1.95 bits per heavy atom. The second kappa shape index (κ2) is 7.41. The van der Waals surface area contributed by atoms with E-state index in [1.165, 1.54) is 6.92 Å². The lowest BCUT2D eigenvalue weighted by Crippen LogP contribution is -2.27. The van der Waals surface area contributed by atoms with E-state index in [4.69, 9.17) is 0 Å². The standard InChI is InChI=1S/C17H19N3O/c1-13(21)19-10-5-11-20-17(12-18)16-9-4-7-14-6-2-3-8-15(14)16/h2-4,6-9,17,20H,5,10-11H2,1H3,(H,19,21). The van der Waals surface area contributed by atoms with Crippen molar-refractivity contribution in [2.75, 3.05) is 13.1 Å². The summed E-state index contributed by atoms with van der Waals surface area (Å²) in [6.07, 6.45) is 0.794. The molecule has 2 rings (SSSR count). The van der Waals surface area contributed by atoms with Crippen molar-refractivity contribution in [2.45, 2.75) is 19.4 Å². The Bertz CT molecular complexity index is 655. The average Bonchev–Trinajstić information content (AvgIpc) is 2.50. The Kier molecular flexibility index (Phi) is 5.30. The van der Waals surface area contributed by atoms with Gasteiger partial charge in [-0.05, 0) is 29.3 Å². The predicted molar refractivity (Wildman–Crippen MR) is 83.6 cm³/mol. The molecule has 2 aromatic carbocycles. The number of fused-ring (bicyclic) bond motifs is 1. The number of carbonyl (C=O) groups excluding carboxylic acids is 1. The quantitative estimate of drug-likeness (QED) is 0.800. The van der Waals surface area contributed by atoms with Gasteiger partial charge in [0.05, 0.1) is 6.07 Å². The van der Waals surface area contributed by atoms with Gasteiger partial charge in [-0.25, -0.2) is 0 Å². The smallest absolute Gasteiger partial charge is 0.216 e. The van der Waals surface area contributed by atoms with Gasteiger partial charge in [-0.15, -0.1) is 0 Å². The Labute approximate surface area is 124 Å². The van der Waals surface area contributed by atoms with Crippen molar-refractivity contribution in [3.63, 3.8) is 0 Å². The molecule has 0 fully saturated rings. The van der Waals surface area contributed by atoms with E-state index < -0.39 is 0 Å². The molecule has 4 nitrogen and oxygen atoms in total. The number of nitriles is 1. The molecule has 0 saturated carbocycles. The fourth-order valence-electron chi connectivity index (χ4n) is 2.33. The van der Waals surface area contributed by atoms with E-state index in [9.17, 15) is 10.1 Å². The highest BCUT2D eigenvalue weighted by Gasteiger charge is 2.12. The number of hydrogen-bond acceptors (Lipinski definition) is 3. The van der Waals surface area contributed by atoms with Crippen LogP contribution in [-0.4, -0.2) is 19.0 Å². The zero-order valence-electron chi connectivity index (χ0n) is 12.1. The van der Waals surface area contributed by atoms with Crippen LogP contribution in [0.5, 0.6) is 0 Å². The van der Waals surface area contributed by atoms with Crippen LogP contribution in [0.3, 0.4) is 0 Å². The van der Waals surface area contributed by atoms with Crippen molar-refractivity contribution in [1.29, 1.82) is 5.26 Å². The number of amides is 1. The van der Waals surface area contributed by atoms with Crippen molar-refractivity contribution in [3.05, 3.63) is 48.0 Å². The molecule has 108 valence electrons. The SMILES string of the molecule is CC(=O)NCCCNC(C#N)c1cccc2ccccc12. The fraction of sp³-hybridized carbons (Fsp3) is 0.294. The molecule has 2 N–H and O–H groups in total. The topological polar surface area (TPSA) is 64.9 Å². The van der Waals surface area contributed by atoms with Gasteiger partial charge in [0.25, 0.3) is 0 Å². The van der Waals surface area contributed by atoms with Gasteiger partial charge >= 0.3 is 0 Å². The molecule has 4 heteroatoms. The van der Waals surface area contributed by atoms with Gasteiger partial charge in [0.15, 0.2) is 0 Å². The molecule has 1 unspecified atom stereocenters. The number of nitrogens with one attached hydrogen (secondary N) is 2. The third-order valence-corrected chi connectivity index (χ3v) is 3.34. The number of hydrogen-bond donors (Lipinski definition) is 2. The molecule has 0 saturated heterocycles. The van der Waals surface area contributed by atoms with Crippen LogP contribution in [0.25, 0.3) is 10.8 Å². The first-order valence-corrected chi connectivity index (χ1v) is 7.07. The van der Waals surface area contributed by atoms with Crippen LogP contribution in [0.4, 0.5) is 0 Å². The number of nitrogens with zero attached hydrogens (tertiary/aromatic N) is 1. The lowest BCUT2D eigenvalue weighted by Gasteiger charge is -2.14. The molecule has 0 bridgehead atoms. The number of benzene rings is 2. The Morgan fingerprint density at radius 1 is 1.19 bits per heavy atom. The minimum absolute atomic E-state index is 0.0270. The van der Waals surface area contributed by atoms with E-state index in [2.05, 4.69) is 16.7 Å². The summed E-state index contributed by atoms with van der Waals surface area (Å²) in [6.45, 7) is 2.80. The molecule has 0 aliphatic carbocycles. The summed E-state index contributed by atoms with van der Waals surface area (Å²) >= 11 is 0. The van der Waals surface area contributed by atoms with Gasteiger partial charge in [0.1, 0.15) is 6.04 Å². The first-order valence-electron chi connectivity index (χ1n) is 7.07. The van der Waals surface area contributed by atoms with Crippen molar-refractivity contribution in [1.82, 2.24) is 10.6 Å². The average molecular weight is 281 g/mol. The van der Waals surface area contributed by atoms with Crippen LogP contribution in [-0.2, 0) is 4.79 Å². The molecule has 0 aliphatic rings. The van der Waals surface area contributed by atoms with Crippen molar-refractivity contribution < 1.29 is 4.79 Å². The lowest BCUT2D eigenvalue weighted by atomic mass is 9.99. The molecular formula is C17H19N3O. The molecule has 1 amide bonds. The highest BCUT2D eigenvalue weighted by Crippen LogP contribution is 2.23. The summed E-state index contributed by atoms with van der Waals surface area (Å²) in [5.41, 5.74) is 0.995. The maximum absolute atomic E-state index is 10.8. The second-order valence-electron chi connectivity index (χ2n) is 4.92. The number of rotatable bonds is 6. The van der Waals surface area contributed by atoms with Gasteiger partial charge in [-0.1, -0.05) is 42.5 Å².